The molecular weight excluding hydrogens is 334 g/mol. The molecule has 0 aromatic carbocycles. The number of nitrogens with two attached hydrogens (primary N) is 1. The molecule has 2 saturated heterocycles. The number of hydrogen-bond donors (Lipinski definition) is 2. The Labute approximate surface area is 157 Å². The Hall–Kier alpha value is -0.950. The molecule has 1 amide bonds. The first-order chi connectivity index (χ1) is 12.1. The maximum Gasteiger partial charge on any atom is 0.221 e. The molecule has 0 spiro atoms. The summed E-state index contributed by atoms with van der Waals surface area (Å²) in [5, 5.41) is 4.17. The third-order valence-corrected chi connectivity index (χ3v) is 6.40. The molecule has 2 rings (SSSR count). The van der Waals surface area contributed by atoms with Crippen LogP contribution >= 0.6 is 11.8 Å². The predicted molar refractivity (Wildman–Crippen MR) is 107 cm³/mol. The summed E-state index contributed by atoms with van der Waals surface area (Å²) in [6.07, 6.45) is 4.26. The highest BCUT2D eigenvalue weighted by atomic mass is 32.2. The average Bonchev–Trinajstić information content (AvgIpc) is 2.64. The lowest BCUT2D eigenvalue weighted by atomic mass is 9.97. The van der Waals surface area contributed by atoms with Crippen molar-refractivity contribution in [2.45, 2.75) is 44.8 Å². The van der Waals surface area contributed by atoms with Crippen LogP contribution in [0.2, 0.25) is 0 Å². The lowest BCUT2D eigenvalue weighted by Gasteiger charge is -2.34. The molecule has 7 heteroatoms. The van der Waals surface area contributed by atoms with Crippen LogP contribution in [-0.2, 0) is 4.79 Å². The van der Waals surface area contributed by atoms with Gasteiger partial charge in [-0.25, -0.2) is 0 Å². The molecule has 0 aromatic heterocycles. The van der Waals surface area contributed by atoms with Crippen molar-refractivity contribution in [2.75, 3.05) is 51.6 Å². The standard InChI is InChI=1S/C18H35N5OS/c1-3-16-14-23(11-12-25-16)18(20-4-2)21-8-6-10-22-9-5-7-15(13-22)17(19)24/h15-16H,3-14H2,1-2H3,(H2,19,24)(H,20,21). The third kappa shape index (κ3) is 6.70. The first-order valence-electron chi connectivity index (χ1n) is 9.80. The van der Waals surface area contributed by atoms with Gasteiger partial charge in [0.25, 0.3) is 0 Å². The van der Waals surface area contributed by atoms with E-state index < -0.39 is 0 Å². The van der Waals surface area contributed by atoms with Gasteiger partial charge in [-0.05, 0) is 45.7 Å². The van der Waals surface area contributed by atoms with E-state index in [2.05, 4.69) is 40.7 Å². The number of primary amides is 1. The van der Waals surface area contributed by atoms with Gasteiger partial charge in [0.15, 0.2) is 5.96 Å². The lowest BCUT2D eigenvalue weighted by Crippen LogP contribution is -2.48. The second-order valence-corrected chi connectivity index (χ2v) is 8.39. The summed E-state index contributed by atoms with van der Waals surface area (Å²) in [5.41, 5.74) is 5.46. The van der Waals surface area contributed by atoms with E-state index in [0.29, 0.717) is 0 Å². The van der Waals surface area contributed by atoms with Gasteiger partial charge >= 0.3 is 0 Å². The van der Waals surface area contributed by atoms with Crippen LogP contribution in [0.4, 0.5) is 0 Å². The van der Waals surface area contributed by atoms with E-state index in [4.69, 9.17) is 10.7 Å². The van der Waals surface area contributed by atoms with Gasteiger partial charge < -0.3 is 20.9 Å². The summed E-state index contributed by atoms with van der Waals surface area (Å²) in [7, 11) is 0. The molecule has 2 atom stereocenters. The van der Waals surface area contributed by atoms with Crippen LogP contribution in [0, 0.1) is 5.92 Å². The number of aliphatic imine (C=N–C) groups is 1. The topological polar surface area (TPSA) is 74.0 Å². The van der Waals surface area contributed by atoms with Crippen LogP contribution in [0.1, 0.15) is 39.5 Å². The van der Waals surface area contributed by atoms with Crippen molar-refractivity contribution in [2.24, 2.45) is 16.6 Å². The minimum atomic E-state index is -0.148. The minimum absolute atomic E-state index is 0.0337. The molecule has 6 nitrogen and oxygen atoms in total. The molecule has 2 heterocycles. The van der Waals surface area contributed by atoms with Crippen molar-refractivity contribution in [3.8, 4) is 0 Å². The normalized spacial score (nSPS) is 25.8. The summed E-state index contributed by atoms with van der Waals surface area (Å²) in [5.74, 6) is 2.14. The number of rotatable bonds is 7. The van der Waals surface area contributed by atoms with E-state index in [1.54, 1.807) is 0 Å². The maximum absolute atomic E-state index is 11.4. The third-order valence-electron chi connectivity index (χ3n) is 5.03. The molecule has 144 valence electrons. The van der Waals surface area contributed by atoms with Gasteiger partial charge in [0, 0.05) is 43.7 Å². The van der Waals surface area contributed by atoms with E-state index in [1.165, 1.54) is 12.2 Å². The number of hydrogen-bond acceptors (Lipinski definition) is 4. The van der Waals surface area contributed by atoms with Crippen LogP contribution < -0.4 is 11.1 Å². The fourth-order valence-corrected chi connectivity index (χ4v) is 4.73. The van der Waals surface area contributed by atoms with Gasteiger partial charge in [-0.3, -0.25) is 9.79 Å². The summed E-state index contributed by atoms with van der Waals surface area (Å²) in [4.78, 5) is 21.0. The first kappa shape index (κ1) is 20.4. The molecule has 0 saturated carbocycles. The van der Waals surface area contributed by atoms with Crippen molar-refractivity contribution in [3.05, 3.63) is 0 Å². The molecular formula is C18H35N5OS. The number of piperidine rings is 1. The number of carbonyl (C=O) groups excluding carboxylic acids is 1. The second-order valence-electron chi connectivity index (χ2n) is 6.98. The summed E-state index contributed by atoms with van der Waals surface area (Å²) in [6, 6.07) is 0. The zero-order valence-corrected chi connectivity index (χ0v) is 16.7. The van der Waals surface area contributed by atoms with Crippen molar-refractivity contribution in [1.29, 1.82) is 0 Å². The highest BCUT2D eigenvalue weighted by molar-refractivity contribution is 8.00. The van der Waals surface area contributed by atoms with Crippen LogP contribution in [-0.4, -0.2) is 78.5 Å². The number of amides is 1. The number of guanidine groups is 1. The molecule has 3 N–H and O–H groups in total. The fourth-order valence-electron chi connectivity index (χ4n) is 3.55. The highest BCUT2D eigenvalue weighted by Gasteiger charge is 2.24. The molecule has 2 aliphatic heterocycles. The summed E-state index contributed by atoms with van der Waals surface area (Å²) < 4.78 is 0. The minimum Gasteiger partial charge on any atom is -0.369 e. The van der Waals surface area contributed by atoms with Crippen LogP contribution in [0.5, 0.6) is 0 Å². The van der Waals surface area contributed by atoms with Crippen LogP contribution in [0.3, 0.4) is 0 Å². The number of likely N-dealkylation sites (tertiary alicyclic amines) is 1. The summed E-state index contributed by atoms with van der Waals surface area (Å²) >= 11 is 2.08. The van der Waals surface area contributed by atoms with E-state index in [1.807, 2.05) is 0 Å². The van der Waals surface area contributed by atoms with Crippen molar-refractivity contribution in [3.63, 3.8) is 0 Å². The molecule has 0 aromatic rings. The molecule has 2 unspecified atom stereocenters. The van der Waals surface area contributed by atoms with Gasteiger partial charge in [0.1, 0.15) is 0 Å². The van der Waals surface area contributed by atoms with Gasteiger partial charge in [-0.15, -0.1) is 0 Å². The Morgan fingerprint density at radius 3 is 2.88 bits per heavy atom. The van der Waals surface area contributed by atoms with Gasteiger partial charge in [-0.2, -0.15) is 11.8 Å². The number of carbonyl (C=O) groups is 1. The number of thioether (sulfide) groups is 1. The zero-order valence-electron chi connectivity index (χ0n) is 15.9. The Balaban J connectivity index is 1.78. The van der Waals surface area contributed by atoms with Crippen LogP contribution in [0.15, 0.2) is 4.99 Å². The number of nitrogens with zero attached hydrogens (tertiary/aromatic N) is 3. The van der Waals surface area contributed by atoms with Gasteiger partial charge in [0.2, 0.25) is 5.91 Å². The first-order valence-corrected chi connectivity index (χ1v) is 10.8. The molecule has 2 fully saturated rings. The Morgan fingerprint density at radius 2 is 2.16 bits per heavy atom. The van der Waals surface area contributed by atoms with Crippen molar-refractivity contribution in [1.82, 2.24) is 15.1 Å². The van der Waals surface area contributed by atoms with E-state index in [9.17, 15) is 4.79 Å². The smallest absolute Gasteiger partial charge is 0.221 e. The quantitative estimate of drug-likeness (QED) is 0.403. The fraction of sp³-hybridized carbons (Fsp3) is 0.889. The van der Waals surface area contributed by atoms with E-state index in [-0.39, 0.29) is 11.8 Å². The lowest BCUT2D eigenvalue weighted by molar-refractivity contribution is -0.123. The predicted octanol–water partition coefficient (Wildman–Crippen LogP) is 1.37. The Morgan fingerprint density at radius 1 is 1.32 bits per heavy atom. The van der Waals surface area contributed by atoms with Gasteiger partial charge in [-0.1, -0.05) is 6.92 Å². The van der Waals surface area contributed by atoms with E-state index >= 15 is 0 Å². The van der Waals surface area contributed by atoms with Crippen molar-refractivity contribution < 1.29 is 4.79 Å². The van der Waals surface area contributed by atoms with Gasteiger partial charge in [0.05, 0.1) is 5.92 Å². The molecule has 25 heavy (non-hydrogen) atoms. The molecule has 2 aliphatic rings. The molecule has 0 bridgehead atoms. The number of nitrogens with one attached hydrogen (secondary N) is 1. The second kappa shape index (κ2) is 10.9. The van der Waals surface area contributed by atoms with Crippen LogP contribution in [0.25, 0.3) is 0 Å². The molecule has 0 radical (unpaired) electrons. The Bertz CT molecular complexity index is 445. The highest BCUT2D eigenvalue weighted by Crippen LogP contribution is 2.21. The monoisotopic (exact) mass is 369 g/mol. The van der Waals surface area contributed by atoms with Crippen molar-refractivity contribution >= 4 is 23.6 Å². The zero-order chi connectivity index (χ0) is 18.1. The summed E-state index contributed by atoms with van der Waals surface area (Å²) in [6.45, 7) is 11.2. The van der Waals surface area contributed by atoms with E-state index in [0.717, 1.165) is 76.3 Å². The SMILES string of the molecule is CCNC(=NCCCN1CCCC(C(N)=O)C1)N1CCSC(CC)C1. The maximum atomic E-state index is 11.4. The molecule has 0 aliphatic carbocycles. The average molecular weight is 370 g/mol. The Kier molecular flexibility index (Phi) is 8.89. The largest absolute Gasteiger partial charge is 0.369 e.